The third-order valence-electron chi connectivity index (χ3n) is 4.38. The van der Waals surface area contributed by atoms with Crippen LogP contribution in [0.3, 0.4) is 0 Å². The molecule has 130 valence electrons. The van der Waals surface area contributed by atoms with Gasteiger partial charge in [0.2, 0.25) is 5.91 Å². The van der Waals surface area contributed by atoms with E-state index >= 15 is 0 Å². The molecule has 5 atom stereocenters. The predicted molar refractivity (Wildman–Crippen MR) is 80.3 cm³/mol. The lowest BCUT2D eigenvalue weighted by Gasteiger charge is -2.38. The predicted octanol–water partition coefficient (Wildman–Crippen LogP) is 1.08. The molecule has 7 heteroatoms. The second kappa shape index (κ2) is 5.26. The van der Waals surface area contributed by atoms with Crippen LogP contribution in [-0.4, -0.2) is 54.2 Å². The second-order valence-electron chi connectivity index (χ2n) is 7.17. The number of fused-ring (bicyclic) bond motifs is 1. The second-order valence-corrected chi connectivity index (χ2v) is 7.17. The SMILES string of the molecule is C=C[C@]1(NC(C)=O)[C@@H]([C@H]2COC(C)(C)O2)O[C@@H]2OC(C)(C)O[C@@H]21. The third kappa shape index (κ3) is 2.81. The Labute approximate surface area is 136 Å². The molecule has 23 heavy (non-hydrogen) atoms. The van der Waals surface area contributed by atoms with E-state index in [0.717, 1.165) is 0 Å². The summed E-state index contributed by atoms with van der Waals surface area (Å²) in [6.45, 7) is 13.0. The molecule has 0 bridgehead atoms. The van der Waals surface area contributed by atoms with Gasteiger partial charge in [0.15, 0.2) is 17.9 Å². The molecule has 0 aromatic carbocycles. The molecule has 0 aromatic rings. The molecule has 0 aliphatic carbocycles. The maximum absolute atomic E-state index is 11.8. The first kappa shape index (κ1) is 16.9. The van der Waals surface area contributed by atoms with Crippen LogP contribution in [0.5, 0.6) is 0 Å². The van der Waals surface area contributed by atoms with Gasteiger partial charge in [0, 0.05) is 6.92 Å². The summed E-state index contributed by atoms with van der Waals surface area (Å²) in [5.74, 6) is -1.69. The van der Waals surface area contributed by atoms with Gasteiger partial charge in [-0.2, -0.15) is 0 Å². The van der Waals surface area contributed by atoms with Crippen molar-refractivity contribution in [3.8, 4) is 0 Å². The lowest BCUT2D eigenvalue weighted by molar-refractivity contribution is -0.228. The van der Waals surface area contributed by atoms with Crippen molar-refractivity contribution in [2.24, 2.45) is 0 Å². The van der Waals surface area contributed by atoms with Crippen molar-refractivity contribution in [1.82, 2.24) is 5.32 Å². The molecule has 3 aliphatic heterocycles. The number of hydrogen-bond donors (Lipinski definition) is 1. The first-order valence-corrected chi connectivity index (χ1v) is 7.84. The highest BCUT2D eigenvalue weighted by Crippen LogP contribution is 2.46. The minimum atomic E-state index is -0.946. The van der Waals surface area contributed by atoms with Crippen LogP contribution in [0.15, 0.2) is 12.7 Å². The highest BCUT2D eigenvalue weighted by molar-refractivity contribution is 5.74. The number of nitrogens with one attached hydrogen (secondary N) is 1. The molecule has 3 fully saturated rings. The van der Waals surface area contributed by atoms with Crippen LogP contribution in [0.1, 0.15) is 34.6 Å². The highest BCUT2D eigenvalue weighted by Gasteiger charge is 2.65. The summed E-state index contributed by atoms with van der Waals surface area (Å²) in [5, 5.41) is 2.95. The van der Waals surface area contributed by atoms with Crippen LogP contribution >= 0.6 is 0 Å². The number of amides is 1. The van der Waals surface area contributed by atoms with Crippen LogP contribution < -0.4 is 5.32 Å². The fourth-order valence-corrected chi connectivity index (χ4v) is 3.56. The summed E-state index contributed by atoms with van der Waals surface area (Å²) in [4.78, 5) is 11.8. The molecular weight excluding hydrogens is 302 g/mol. The summed E-state index contributed by atoms with van der Waals surface area (Å²) in [7, 11) is 0. The van der Waals surface area contributed by atoms with Gasteiger partial charge in [-0.05, 0) is 27.7 Å². The van der Waals surface area contributed by atoms with E-state index in [0.29, 0.717) is 6.61 Å². The first-order valence-electron chi connectivity index (χ1n) is 7.84. The number of rotatable bonds is 3. The molecule has 0 unspecified atom stereocenters. The van der Waals surface area contributed by atoms with E-state index in [9.17, 15) is 4.79 Å². The molecule has 3 rings (SSSR count). The first-order chi connectivity index (χ1) is 10.6. The van der Waals surface area contributed by atoms with E-state index in [2.05, 4.69) is 11.9 Å². The molecule has 7 nitrogen and oxygen atoms in total. The summed E-state index contributed by atoms with van der Waals surface area (Å²) in [6, 6.07) is 0. The van der Waals surface area contributed by atoms with Gasteiger partial charge in [0.05, 0.1) is 6.61 Å². The van der Waals surface area contributed by atoms with Gasteiger partial charge in [-0.1, -0.05) is 6.08 Å². The Morgan fingerprint density at radius 3 is 2.35 bits per heavy atom. The van der Waals surface area contributed by atoms with Crippen LogP contribution in [0.25, 0.3) is 0 Å². The molecule has 3 aliphatic rings. The van der Waals surface area contributed by atoms with Crippen LogP contribution in [0.4, 0.5) is 0 Å². The quantitative estimate of drug-likeness (QED) is 0.782. The number of hydrogen-bond acceptors (Lipinski definition) is 6. The summed E-state index contributed by atoms with van der Waals surface area (Å²) < 4.78 is 29.4. The molecule has 0 aromatic heterocycles. The Kier molecular flexibility index (Phi) is 3.85. The van der Waals surface area contributed by atoms with Crippen molar-refractivity contribution in [3.05, 3.63) is 12.7 Å². The van der Waals surface area contributed by atoms with Crippen molar-refractivity contribution in [1.29, 1.82) is 0 Å². The summed E-state index contributed by atoms with van der Waals surface area (Å²) in [5.41, 5.74) is -0.946. The Bertz CT molecular complexity index is 519. The van der Waals surface area contributed by atoms with Crippen molar-refractivity contribution < 1.29 is 28.5 Å². The smallest absolute Gasteiger partial charge is 0.217 e. The standard InChI is InChI=1S/C16H25NO6/c1-7-16(17-9(2)18)11(10-8-19-14(3,4)21-10)20-13-12(16)22-15(5,6)23-13/h7,10-13H,1,8H2,2-6H3,(H,17,18)/t10-,11-,12+,13-,16+/m1/s1. The van der Waals surface area contributed by atoms with Crippen LogP contribution in [0.2, 0.25) is 0 Å². The van der Waals surface area contributed by atoms with E-state index in [-0.39, 0.29) is 12.0 Å². The van der Waals surface area contributed by atoms with Crippen molar-refractivity contribution in [2.75, 3.05) is 6.61 Å². The Morgan fingerprint density at radius 1 is 1.13 bits per heavy atom. The molecular formula is C16H25NO6. The van der Waals surface area contributed by atoms with Gasteiger partial charge in [-0.25, -0.2) is 0 Å². The molecule has 3 saturated heterocycles. The minimum Gasteiger partial charge on any atom is -0.348 e. The van der Waals surface area contributed by atoms with E-state index in [1.807, 2.05) is 27.7 Å². The normalized spacial score (nSPS) is 44.0. The fourth-order valence-electron chi connectivity index (χ4n) is 3.56. The molecule has 1 N–H and O–H groups in total. The van der Waals surface area contributed by atoms with Gasteiger partial charge >= 0.3 is 0 Å². The Hall–Kier alpha value is -0.990. The lowest BCUT2D eigenvalue weighted by Crippen LogP contribution is -2.62. The number of ether oxygens (including phenoxy) is 5. The zero-order valence-corrected chi connectivity index (χ0v) is 14.3. The van der Waals surface area contributed by atoms with Crippen LogP contribution in [-0.2, 0) is 28.5 Å². The largest absolute Gasteiger partial charge is 0.348 e. The van der Waals surface area contributed by atoms with Crippen molar-refractivity contribution >= 4 is 5.91 Å². The topological polar surface area (TPSA) is 75.3 Å². The number of carbonyl (C=O) groups excluding carboxylic acids is 1. The average Bonchev–Trinajstić information content (AvgIpc) is 3.00. The summed E-state index contributed by atoms with van der Waals surface area (Å²) in [6.07, 6.45) is -0.334. The molecule has 3 heterocycles. The van der Waals surface area contributed by atoms with Gasteiger partial charge in [0.25, 0.3) is 0 Å². The molecule has 0 spiro atoms. The minimum absolute atomic E-state index is 0.203. The van der Waals surface area contributed by atoms with Gasteiger partial charge in [-0.3, -0.25) is 4.79 Å². The fraction of sp³-hybridized carbons (Fsp3) is 0.812. The van der Waals surface area contributed by atoms with E-state index in [1.54, 1.807) is 6.08 Å². The average molecular weight is 327 g/mol. The van der Waals surface area contributed by atoms with Crippen molar-refractivity contribution in [3.63, 3.8) is 0 Å². The zero-order chi connectivity index (χ0) is 17.0. The summed E-state index contributed by atoms with van der Waals surface area (Å²) >= 11 is 0. The van der Waals surface area contributed by atoms with Crippen LogP contribution in [0, 0.1) is 0 Å². The molecule has 1 amide bonds. The van der Waals surface area contributed by atoms with E-state index in [1.165, 1.54) is 6.92 Å². The Morgan fingerprint density at radius 2 is 1.83 bits per heavy atom. The van der Waals surface area contributed by atoms with E-state index in [4.69, 9.17) is 23.7 Å². The number of carbonyl (C=O) groups is 1. The Balaban J connectivity index is 1.93. The van der Waals surface area contributed by atoms with Gasteiger partial charge in [0.1, 0.15) is 23.9 Å². The maximum Gasteiger partial charge on any atom is 0.217 e. The molecule has 0 radical (unpaired) electrons. The van der Waals surface area contributed by atoms with Gasteiger partial charge < -0.3 is 29.0 Å². The van der Waals surface area contributed by atoms with Crippen molar-refractivity contribution in [2.45, 2.75) is 76.3 Å². The van der Waals surface area contributed by atoms with Gasteiger partial charge in [-0.15, -0.1) is 6.58 Å². The zero-order valence-electron chi connectivity index (χ0n) is 14.3. The monoisotopic (exact) mass is 327 g/mol. The third-order valence-corrected chi connectivity index (χ3v) is 4.38. The maximum atomic E-state index is 11.8. The lowest BCUT2D eigenvalue weighted by atomic mass is 9.85. The van der Waals surface area contributed by atoms with E-state index < -0.39 is 35.6 Å². The highest BCUT2D eigenvalue weighted by atomic mass is 16.8. The molecule has 0 saturated carbocycles.